The minimum absolute atomic E-state index is 0. The van der Waals surface area contributed by atoms with Gasteiger partial charge in [0.05, 0.1) is 0 Å². The molecule has 0 bridgehead atoms. The van der Waals surface area contributed by atoms with E-state index in [1.807, 2.05) is 38.1 Å². The van der Waals surface area contributed by atoms with Crippen molar-refractivity contribution in [2.75, 3.05) is 5.32 Å². The molecule has 0 saturated heterocycles. The van der Waals surface area contributed by atoms with E-state index >= 15 is 0 Å². The Kier molecular flexibility index (Phi) is 5.15. The molecule has 1 amide bonds. The Morgan fingerprint density at radius 3 is 2.35 bits per heavy atom. The second-order valence-electron chi connectivity index (χ2n) is 6.31. The minimum atomic E-state index is -0.407. The summed E-state index contributed by atoms with van der Waals surface area (Å²) < 4.78 is 5.84. The largest absolute Gasteiger partial charge is 0.466 e. The van der Waals surface area contributed by atoms with Gasteiger partial charge in [-0.05, 0) is 57.2 Å². The third-order valence-electron chi connectivity index (χ3n) is 4.78. The molecule has 1 saturated carbocycles. The van der Waals surface area contributed by atoms with Crippen molar-refractivity contribution < 1.29 is 9.53 Å². The number of nitrogens with one attached hydrogen (secondary N) is 2. The number of carbonyl (C=O) groups is 1. The first-order valence-electron chi connectivity index (χ1n) is 7.89. The van der Waals surface area contributed by atoms with Gasteiger partial charge in [0.1, 0.15) is 11.2 Å². The van der Waals surface area contributed by atoms with Crippen LogP contribution in [0.3, 0.4) is 0 Å². The van der Waals surface area contributed by atoms with E-state index < -0.39 is 5.60 Å². The molecular weight excluding hydrogens is 312 g/mol. The molecule has 2 aliphatic rings. The lowest BCUT2D eigenvalue weighted by molar-refractivity contribution is -0.112. The van der Waals surface area contributed by atoms with Crippen molar-refractivity contribution in [1.82, 2.24) is 0 Å². The first kappa shape index (κ1) is 17.5. The lowest BCUT2D eigenvalue weighted by Gasteiger charge is -2.33. The molecule has 0 unspecified atom stereocenters. The van der Waals surface area contributed by atoms with E-state index in [4.69, 9.17) is 10.1 Å². The summed E-state index contributed by atoms with van der Waals surface area (Å²) in [6, 6.07) is 7.66. The highest BCUT2D eigenvalue weighted by molar-refractivity contribution is 6.24. The van der Waals surface area contributed by atoms with Crippen LogP contribution < -0.4 is 5.32 Å². The summed E-state index contributed by atoms with van der Waals surface area (Å²) >= 11 is 0. The Hall–Kier alpha value is -1.81. The highest BCUT2D eigenvalue weighted by Crippen LogP contribution is 2.43. The van der Waals surface area contributed by atoms with Crippen molar-refractivity contribution in [2.24, 2.45) is 0 Å². The van der Waals surface area contributed by atoms with Crippen LogP contribution in [0.2, 0.25) is 0 Å². The highest BCUT2D eigenvalue weighted by atomic mass is 35.5. The molecule has 4 nitrogen and oxygen atoms in total. The first-order valence-corrected chi connectivity index (χ1v) is 7.89. The van der Waals surface area contributed by atoms with Gasteiger partial charge in [-0.1, -0.05) is 24.1 Å². The quantitative estimate of drug-likeness (QED) is 0.843. The SMILES string of the molecule is CC1=C(C(=O)Nc2ccc(C)cc2)C(=N)OC12CCCCC2.Cl. The van der Waals surface area contributed by atoms with Crippen molar-refractivity contribution in [3.05, 3.63) is 41.0 Å². The predicted octanol–water partition coefficient (Wildman–Crippen LogP) is 4.38. The Balaban J connectivity index is 0.00000192. The number of anilines is 1. The average molecular weight is 335 g/mol. The molecule has 1 fully saturated rings. The lowest BCUT2D eigenvalue weighted by atomic mass is 9.79. The highest BCUT2D eigenvalue weighted by Gasteiger charge is 2.46. The second kappa shape index (κ2) is 6.75. The molecule has 0 radical (unpaired) electrons. The Labute approximate surface area is 143 Å². The molecular formula is C18H23ClN2O2. The summed E-state index contributed by atoms with van der Waals surface area (Å²) in [4.78, 5) is 12.6. The van der Waals surface area contributed by atoms with Crippen LogP contribution >= 0.6 is 12.4 Å². The number of ether oxygens (including phenoxy) is 1. The number of amides is 1. The summed E-state index contributed by atoms with van der Waals surface area (Å²) in [5, 5.41) is 11.0. The molecule has 0 aromatic heterocycles. The summed E-state index contributed by atoms with van der Waals surface area (Å²) in [5.41, 5.74) is 2.80. The fraction of sp³-hybridized carbons (Fsp3) is 0.444. The maximum atomic E-state index is 12.6. The van der Waals surface area contributed by atoms with Crippen molar-refractivity contribution >= 4 is 29.9 Å². The molecule has 3 rings (SSSR count). The zero-order valence-electron chi connectivity index (χ0n) is 13.6. The second-order valence-corrected chi connectivity index (χ2v) is 6.31. The van der Waals surface area contributed by atoms with Gasteiger partial charge in [-0.25, -0.2) is 0 Å². The third kappa shape index (κ3) is 3.27. The average Bonchev–Trinajstić information content (AvgIpc) is 2.73. The number of rotatable bonds is 2. The number of hydrogen-bond donors (Lipinski definition) is 2. The van der Waals surface area contributed by atoms with Crippen LogP contribution in [0.4, 0.5) is 5.69 Å². The number of aryl methyl sites for hydroxylation is 1. The predicted molar refractivity (Wildman–Crippen MR) is 94.4 cm³/mol. The van der Waals surface area contributed by atoms with E-state index in [-0.39, 0.29) is 24.2 Å². The van der Waals surface area contributed by atoms with Crippen molar-refractivity contribution in [2.45, 2.75) is 51.6 Å². The number of hydrogen-bond acceptors (Lipinski definition) is 3. The molecule has 1 aliphatic heterocycles. The zero-order chi connectivity index (χ0) is 15.7. The Bertz CT molecular complexity index is 643. The maximum Gasteiger partial charge on any atom is 0.261 e. The molecule has 2 N–H and O–H groups in total. The van der Waals surface area contributed by atoms with E-state index in [1.54, 1.807) is 0 Å². The number of halogens is 1. The van der Waals surface area contributed by atoms with Gasteiger partial charge < -0.3 is 10.1 Å². The fourth-order valence-corrected chi connectivity index (χ4v) is 3.42. The molecule has 1 heterocycles. The summed E-state index contributed by atoms with van der Waals surface area (Å²) in [7, 11) is 0. The van der Waals surface area contributed by atoms with E-state index in [2.05, 4.69) is 5.32 Å². The minimum Gasteiger partial charge on any atom is -0.466 e. The van der Waals surface area contributed by atoms with Gasteiger partial charge in [0, 0.05) is 5.69 Å². The standard InChI is InChI=1S/C18H22N2O2.ClH/c1-12-6-8-14(9-7-12)20-17(21)15-13(2)18(22-16(15)19)10-4-3-5-11-18;/h6-9,19H,3-5,10-11H2,1-2H3,(H,20,21);1H. The topological polar surface area (TPSA) is 62.2 Å². The Morgan fingerprint density at radius 2 is 1.74 bits per heavy atom. The molecule has 23 heavy (non-hydrogen) atoms. The third-order valence-corrected chi connectivity index (χ3v) is 4.78. The lowest BCUT2D eigenvalue weighted by Crippen LogP contribution is -2.33. The van der Waals surface area contributed by atoms with Crippen LogP contribution in [0.15, 0.2) is 35.4 Å². The zero-order valence-corrected chi connectivity index (χ0v) is 14.4. The monoisotopic (exact) mass is 334 g/mol. The Morgan fingerprint density at radius 1 is 1.13 bits per heavy atom. The van der Waals surface area contributed by atoms with E-state index in [0.29, 0.717) is 5.57 Å². The van der Waals surface area contributed by atoms with Gasteiger partial charge in [-0.2, -0.15) is 0 Å². The summed E-state index contributed by atoms with van der Waals surface area (Å²) in [6.45, 7) is 3.95. The molecule has 1 aromatic rings. The molecule has 1 aromatic carbocycles. The number of benzene rings is 1. The smallest absolute Gasteiger partial charge is 0.261 e. The van der Waals surface area contributed by atoms with Crippen LogP contribution in [0.25, 0.3) is 0 Å². The van der Waals surface area contributed by atoms with Gasteiger partial charge in [-0.15, -0.1) is 12.4 Å². The molecule has 5 heteroatoms. The van der Waals surface area contributed by atoms with Crippen molar-refractivity contribution in [1.29, 1.82) is 5.41 Å². The van der Waals surface area contributed by atoms with Crippen LogP contribution in [0, 0.1) is 12.3 Å². The molecule has 1 aliphatic carbocycles. The van der Waals surface area contributed by atoms with Crippen LogP contribution in [0.1, 0.15) is 44.6 Å². The van der Waals surface area contributed by atoms with E-state index in [0.717, 1.165) is 42.5 Å². The summed E-state index contributed by atoms with van der Waals surface area (Å²) in [5.74, 6) is -0.224. The van der Waals surface area contributed by atoms with Gasteiger partial charge in [0.2, 0.25) is 5.90 Å². The van der Waals surface area contributed by atoms with Gasteiger partial charge in [0.25, 0.3) is 5.91 Å². The van der Waals surface area contributed by atoms with E-state index in [1.165, 1.54) is 6.42 Å². The van der Waals surface area contributed by atoms with Crippen LogP contribution in [-0.4, -0.2) is 17.4 Å². The molecule has 0 atom stereocenters. The van der Waals surface area contributed by atoms with Gasteiger partial charge in [0.15, 0.2) is 0 Å². The number of carbonyl (C=O) groups excluding carboxylic acids is 1. The van der Waals surface area contributed by atoms with Crippen molar-refractivity contribution in [3.63, 3.8) is 0 Å². The normalized spacial score (nSPS) is 19.3. The van der Waals surface area contributed by atoms with Crippen LogP contribution in [0.5, 0.6) is 0 Å². The van der Waals surface area contributed by atoms with Gasteiger partial charge >= 0.3 is 0 Å². The molecule has 1 spiro atoms. The first-order chi connectivity index (χ1) is 10.5. The van der Waals surface area contributed by atoms with Crippen molar-refractivity contribution in [3.8, 4) is 0 Å². The van der Waals surface area contributed by atoms with Gasteiger partial charge in [-0.3, -0.25) is 10.2 Å². The van der Waals surface area contributed by atoms with E-state index in [9.17, 15) is 4.79 Å². The summed E-state index contributed by atoms with van der Waals surface area (Å²) in [6.07, 6.45) is 5.20. The molecule has 124 valence electrons. The van der Waals surface area contributed by atoms with Crippen LogP contribution in [-0.2, 0) is 9.53 Å². The maximum absolute atomic E-state index is 12.6. The fourth-order valence-electron chi connectivity index (χ4n) is 3.42.